The van der Waals surface area contributed by atoms with Crippen LogP contribution in [0.5, 0.6) is 0 Å². The van der Waals surface area contributed by atoms with Gasteiger partial charge >= 0.3 is 0 Å². The van der Waals surface area contributed by atoms with Gasteiger partial charge < -0.3 is 9.32 Å². The molecule has 0 saturated heterocycles. The minimum atomic E-state index is 0.346. The second-order valence-corrected chi connectivity index (χ2v) is 8.33. The van der Waals surface area contributed by atoms with Gasteiger partial charge in [0, 0.05) is 36.4 Å². The molecule has 4 nitrogen and oxygen atoms in total. The van der Waals surface area contributed by atoms with Gasteiger partial charge in [0.2, 0.25) is 0 Å². The van der Waals surface area contributed by atoms with Gasteiger partial charge in [-0.25, -0.2) is 0 Å². The molecule has 2 aromatic rings. The van der Waals surface area contributed by atoms with E-state index >= 15 is 0 Å². The van der Waals surface area contributed by atoms with Crippen molar-refractivity contribution in [2.24, 2.45) is 0 Å². The molecule has 0 amide bonds. The third kappa shape index (κ3) is 5.73. The van der Waals surface area contributed by atoms with Gasteiger partial charge in [-0.15, -0.1) is 11.8 Å². The Bertz CT molecular complexity index is 712. The summed E-state index contributed by atoms with van der Waals surface area (Å²) in [7, 11) is 4.09. The fraction of sp³-hybridized carbons (Fsp3) is 0.476. The number of thioether (sulfide) groups is 1. The lowest BCUT2D eigenvalue weighted by Crippen LogP contribution is -2.34. The first kappa shape index (κ1) is 19.2. The van der Waals surface area contributed by atoms with Crippen molar-refractivity contribution in [2.45, 2.75) is 37.2 Å². The number of nitrogens with zero attached hydrogens (tertiary/aromatic N) is 2. The Kier molecular flexibility index (Phi) is 6.94. The highest BCUT2D eigenvalue weighted by atomic mass is 32.2. The molecular formula is C21H28N2O2S. The van der Waals surface area contributed by atoms with Gasteiger partial charge in [-0.2, -0.15) is 0 Å². The summed E-state index contributed by atoms with van der Waals surface area (Å²) in [5, 5.41) is 0. The summed E-state index contributed by atoms with van der Waals surface area (Å²) in [4.78, 5) is 17.9. The lowest BCUT2D eigenvalue weighted by atomic mass is 10.1. The first-order valence-corrected chi connectivity index (χ1v) is 10.3. The average Bonchev–Trinajstić information content (AvgIpc) is 3.00. The molecule has 0 atom stereocenters. The number of hydrogen-bond acceptors (Lipinski definition) is 5. The van der Waals surface area contributed by atoms with Crippen molar-refractivity contribution in [2.75, 3.05) is 32.9 Å². The van der Waals surface area contributed by atoms with E-state index in [0.29, 0.717) is 18.7 Å². The van der Waals surface area contributed by atoms with E-state index in [0.717, 1.165) is 49.7 Å². The quantitative estimate of drug-likeness (QED) is 0.494. The predicted octanol–water partition coefficient (Wildman–Crippen LogP) is 3.84. The standard InChI is InChI=1S/C21H28N2O2S/c1-22(2)16-19-13-17-14-23(11-10-21(17)25-19)15-18(24)7-6-12-26-20-8-4-3-5-9-20/h3-5,8-9,13H,6-7,10-12,14-16H2,1-2H3. The predicted molar refractivity (Wildman–Crippen MR) is 106 cm³/mol. The summed E-state index contributed by atoms with van der Waals surface area (Å²) in [5.74, 6) is 3.46. The number of carbonyl (C=O) groups excluding carboxylic acids is 1. The van der Waals surface area contributed by atoms with Crippen LogP contribution in [-0.4, -0.2) is 48.5 Å². The van der Waals surface area contributed by atoms with Crippen LogP contribution in [0.2, 0.25) is 0 Å². The van der Waals surface area contributed by atoms with Crippen LogP contribution in [-0.2, 0) is 24.3 Å². The largest absolute Gasteiger partial charge is 0.464 e. The maximum absolute atomic E-state index is 12.3. The van der Waals surface area contributed by atoms with Crippen molar-refractivity contribution in [1.82, 2.24) is 9.80 Å². The van der Waals surface area contributed by atoms with Crippen LogP contribution >= 0.6 is 11.8 Å². The average molecular weight is 373 g/mol. The first-order valence-electron chi connectivity index (χ1n) is 9.27. The van der Waals surface area contributed by atoms with E-state index in [-0.39, 0.29) is 0 Å². The second kappa shape index (κ2) is 9.40. The molecule has 26 heavy (non-hydrogen) atoms. The number of furan rings is 1. The molecule has 5 heteroatoms. The summed E-state index contributed by atoms with van der Waals surface area (Å²) >= 11 is 1.82. The molecular weight excluding hydrogens is 344 g/mol. The van der Waals surface area contributed by atoms with Gasteiger partial charge in [-0.05, 0) is 44.5 Å². The Morgan fingerprint density at radius 1 is 1.27 bits per heavy atom. The molecule has 2 heterocycles. The molecule has 1 aromatic carbocycles. The van der Waals surface area contributed by atoms with E-state index in [1.165, 1.54) is 10.5 Å². The third-order valence-electron chi connectivity index (χ3n) is 4.48. The van der Waals surface area contributed by atoms with Crippen LogP contribution < -0.4 is 0 Å². The Morgan fingerprint density at radius 3 is 2.85 bits per heavy atom. The summed E-state index contributed by atoms with van der Waals surface area (Å²) in [6.07, 6.45) is 2.51. The van der Waals surface area contributed by atoms with Gasteiger partial charge in [0.15, 0.2) is 0 Å². The monoisotopic (exact) mass is 372 g/mol. The molecule has 0 fully saturated rings. The number of ketones is 1. The zero-order valence-electron chi connectivity index (χ0n) is 15.7. The van der Waals surface area contributed by atoms with Crippen molar-refractivity contribution < 1.29 is 9.21 Å². The molecule has 0 spiro atoms. The van der Waals surface area contributed by atoms with Crippen LogP contribution in [0.15, 0.2) is 45.7 Å². The van der Waals surface area contributed by atoms with Crippen LogP contribution in [0.1, 0.15) is 29.9 Å². The van der Waals surface area contributed by atoms with E-state index < -0.39 is 0 Å². The smallest absolute Gasteiger partial charge is 0.146 e. The summed E-state index contributed by atoms with van der Waals surface area (Å²) in [6, 6.07) is 12.5. The number of hydrogen-bond donors (Lipinski definition) is 0. The molecule has 0 N–H and O–H groups in total. The number of fused-ring (bicyclic) bond motifs is 1. The zero-order valence-corrected chi connectivity index (χ0v) is 16.6. The highest BCUT2D eigenvalue weighted by molar-refractivity contribution is 7.99. The summed E-state index contributed by atoms with van der Waals surface area (Å²) in [5.41, 5.74) is 1.25. The molecule has 0 saturated carbocycles. The van der Waals surface area contributed by atoms with Crippen LogP contribution in [0.3, 0.4) is 0 Å². The topological polar surface area (TPSA) is 36.7 Å². The Morgan fingerprint density at radius 2 is 2.08 bits per heavy atom. The molecule has 1 aromatic heterocycles. The highest BCUT2D eigenvalue weighted by Gasteiger charge is 2.22. The van der Waals surface area contributed by atoms with E-state index in [2.05, 4.69) is 40.1 Å². The van der Waals surface area contributed by atoms with Crippen molar-refractivity contribution >= 4 is 17.5 Å². The van der Waals surface area contributed by atoms with Crippen molar-refractivity contribution in [3.8, 4) is 0 Å². The fourth-order valence-corrected chi connectivity index (χ4v) is 4.16. The minimum absolute atomic E-state index is 0.346. The molecule has 0 unspecified atom stereocenters. The molecule has 0 bridgehead atoms. The van der Waals surface area contributed by atoms with Gasteiger partial charge in [-0.3, -0.25) is 9.69 Å². The van der Waals surface area contributed by atoms with E-state index in [1.807, 2.05) is 31.9 Å². The maximum Gasteiger partial charge on any atom is 0.146 e. The Labute approximate surface area is 160 Å². The molecule has 3 rings (SSSR count). The molecule has 0 radical (unpaired) electrons. The molecule has 1 aliphatic heterocycles. The normalized spacial score (nSPS) is 14.6. The van der Waals surface area contributed by atoms with Crippen molar-refractivity contribution in [3.05, 3.63) is 53.5 Å². The zero-order chi connectivity index (χ0) is 18.4. The number of benzene rings is 1. The highest BCUT2D eigenvalue weighted by Crippen LogP contribution is 2.24. The minimum Gasteiger partial charge on any atom is -0.464 e. The van der Waals surface area contributed by atoms with E-state index in [1.54, 1.807) is 0 Å². The number of carbonyl (C=O) groups is 1. The maximum atomic E-state index is 12.3. The van der Waals surface area contributed by atoms with Crippen molar-refractivity contribution in [3.63, 3.8) is 0 Å². The van der Waals surface area contributed by atoms with Gasteiger partial charge in [0.1, 0.15) is 17.3 Å². The first-order chi connectivity index (χ1) is 12.6. The Balaban J connectivity index is 1.39. The van der Waals surface area contributed by atoms with Crippen molar-refractivity contribution in [1.29, 1.82) is 0 Å². The number of rotatable bonds is 9. The molecule has 0 aliphatic carbocycles. The second-order valence-electron chi connectivity index (χ2n) is 7.16. The van der Waals surface area contributed by atoms with Gasteiger partial charge in [0.25, 0.3) is 0 Å². The fourth-order valence-electron chi connectivity index (χ4n) is 3.28. The van der Waals surface area contributed by atoms with Gasteiger partial charge in [0.05, 0.1) is 13.1 Å². The molecule has 140 valence electrons. The van der Waals surface area contributed by atoms with Crippen LogP contribution in [0, 0.1) is 0 Å². The van der Waals surface area contributed by atoms with Crippen LogP contribution in [0.4, 0.5) is 0 Å². The Hall–Kier alpha value is -1.56. The van der Waals surface area contributed by atoms with E-state index in [9.17, 15) is 4.79 Å². The van der Waals surface area contributed by atoms with Crippen LogP contribution in [0.25, 0.3) is 0 Å². The van der Waals surface area contributed by atoms with E-state index in [4.69, 9.17) is 4.42 Å². The SMILES string of the molecule is CN(C)Cc1cc2c(o1)CCN(CC(=O)CCCSc1ccccc1)C2. The lowest BCUT2D eigenvalue weighted by Gasteiger charge is -2.25. The summed E-state index contributed by atoms with van der Waals surface area (Å²) in [6.45, 7) is 3.12. The third-order valence-corrected chi connectivity index (χ3v) is 5.58. The summed E-state index contributed by atoms with van der Waals surface area (Å²) < 4.78 is 5.94. The lowest BCUT2D eigenvalue weighted by molar-refractivity contribution is -0.120. The molecule has 1 aliphatic rings. The number of Topliss-reactive ketones (excluding diaryl/α,β-unsaturated/α-hetero) is 1. The van der Waals surface area contributed by atoms with Gasteiger partial charge in [-0.1, -0.05) is 18.2 Å².